The van der Waals surface area contributed by atoms with Gasteiger partial charge in [-0.3, -0.25) is 4.79 Å². The minimum Gasteiger partial charge on any atom is -0.506 e. The van der Waals surface area contributed by atoms with Gasteiger partial charge in [0.05, 0.1) is 16.1 Å². The van der Waals surface area contributed by atoms with E-state index in [1.807, 2.05) is 38.1 Å². The van der Waals surface area contributed by atoms with Gasteiger partial charge in [-0.25, -0.2) is 17.9 Å². The third-order valence-electron chi connectivity index (χ3n) is 6.21. The van der Waals surface area contributed by atoms with E-state index in [0.717, 1.165) is 33.5 Å². The van der Waals surface area contributed by atoms with Crippen LogP contribution in [0.1, 0.15) is 37.2 Å². The fourth-order valence-electron chi connectivity index (χ4n) is 4.28. The standard InChI is InChI=1S/C25H29N5O4S/c1-5-29(6-2)35(33,34)18-11-13-23(31)22(15-18)27-24(32)14-12-19-16(3)26-25-20-9-7-8-10-21(20)28-30(25)17(19)4/h7-11,13,15,31H,5-6,12,14H2,1-4H3,(H,27,32). The number of aryl methyl sites for hydroxylation is 2. The summed E-state index contributed by atoms with van der Waals surface area (Å²) in [5.74, 6) is -0.544. The zero-order valence-corrected chi connectivity index (χ0v) is 21.1. The summed E-state index contributed by atoms with van der Waals surface area (Å²) in [6.45, 7) is 8.02. The van der Waals surface area contributed by atoms with E-state index in [1.165, 1.54) is 22.5 Å². The van der Waals surface area contributed by atoms with Gasteiger partial charge < -0.3 is 10.4 Å². The summed E-state index contributed by atoms with van der Waals surface area (Å²) < 4.78 is 28.8. The Kier molecular flexibility index (Phi) is 6.77. The number of amides is 1. The van der Waals surface area contributed by atoms with E-state index in [4.69, 9.17) is 4.98 Å². The Morgan fingerprint density at radius 1 is 1.11 bits per heavy atom. The smallest absolute Gasteiger partial charge is 0.243 e. The second-order valence-corrected chi connectivity index (χ2v) is 10.3. The molecule has 0 aliphatic heterocycles. The molecule has 0 aliphatic carbocycles. The number of rotatable bonds is 8. The largest absolute Gasteiger partial charge is 0.506 e. The fourth-order valence-corrected chi connectivity index (χ4v) is 5.76. The lowest BCUT2D eigenvalue weighted by Crippen LogP contribution is -2.30. The molecule has 0 bridgehead atoms. The van der Waals surface area contributed by atoms with Gasteiger partial charge in [0.25, 0.3) is 0 Å². The molecule has 184 valence electrons. The van der Waals surface area contributed by atoms with Gasteiger partial charge in [-0.1, -0.05) is 26.0 Å². The first kappa shape index (κ1) is 24.6. The molecule has 4 rings (SSSR count). The number of phenolic OH excluding ortho intramolecular Hbond substituents is 1. The molecule has 1 amide bonds. The SMILES string of the molecule is CCN(CC)S(=O)(=O)c1ccc(O)c(NC(=O)CCc2c(C)nc3c4ccccc4nn3c2C)c1. The molecule has 4 aromatic rings. The van der Waals surface area contributed by atoms with Gasteiger partial charge in [0.15, 0.2) is 5.65 Å². The van der Waals surface area contributed by atoms with E-state index in [2.05, 4.69) is 10.4 Å². The molecule has 0 aliphatic rings. The molecular weight excluding hydrogens is 466 g/mol. The van der Waals surface area contributed by atoms with E-state index < -0.39 is 10.0 Å². The Labute approximate surface area is 204 Å². The van der Waals surface area contributed by atoms with Gasteiger partial charge in [0, 0.05) is 36.3 Å². The molecule has 0 spiro atoms. The maximum atomic E-state index is 12.8. The minimum atomic E-state index is -3.72. The van der Waals surface area contributed by atoms with Crippen LogP contribution in [0.5, 0.6) is 5.75 Å². The first-order chi connectivity index (χ1) is 16.7. The average Bonchev–Trinajstić information content (AvgIpc) is 3.19. The zero-order chi connectivity index (χ0) is 25.3. The highest BCUT2D eigenvalue weighted by atomic mass is 32.2. The van der Waals surface area contributed by atoms with Crippen molar-refractivity contribution in [3.05, 3.63) is 59.4 Å². The second-order valence-electron chi connectivity index (χ2n) is 8.33. The maximum absolute atomic E-state index is 12.8. The number of sulfonamides is 1. The number of carbonyl (C=O) groups is 1. The Balaban J connectivity index is 1.54. The molecular formula is C25H29N5O4S. The number of fused-ring (bicyclic) bond motifs is 3. The van der Waals surface area contributed by atoms with Crippen LogP contribution in [-0.2, 0) is 21.2 Å². The number of nitrogens with zero attached hydrogens (tertiary/aromatic N) is 4. The predicted molar refractivity (Wildman–Crippen MR) is 135 cm³/mol. The van der Waals surface area contributed by atoms with Crippen molar-refractivity contribution in [3.63, 3.8) is 0 Å². The van der Waals surface area contributed by atoms with Crippen molar-refractivity contribution in [1.29, 1.82) is 0 Å². The van der Waals surface area contributed by atoms with E-state index in [9.17, 15) is 18.3 Å². The molecule has 35 heavy (non-hydrogen) atoms. The van der Waals surface area contributed by atoms with Crippen LogP contribution in [0, 0.1) is 13.8 Å². The van der Waals surface area contributed by atoms with E-state index >= 15 is 0 Å². The van der Waals surface area contributed by atoms with Crippen LogP contribution < -0.4 is 5.32 Å². The monoisotopic (exact) mass is 495 g/mol. The van der Waals surface area contributed by atoms with Gasteiger partial charge in [-0.05, 0) is 56.2 Å². The molecule has 2 aromatic heterocycles. The topological polar surface area (TPSA) is 117 Å². The molecule has 0 radical (unpaired) electrons. The van der Waals surface area contributed by atoms with Crippen LogP contribution in [0.2, 0.25) is 0 Å². The highest BCUT2D eigenvalue weighted by molar-refractivity contribution is 7.89. The summed E-state index contributed by atoms with van der Waals surface area (Å²) >= 11 is 0. The number of benzene rings is 2. The first-order valence-electron chi connectivity index (χ1n) is 11.5. The van der Waals surface area contributed by atoms with Gasteiger partial charge in [-0.2, -0.15) is 9.40 Å². The van der Waals surface area contributed by atoms with Crippen LogP contribution in [-0.4, -0.2) is 51.4 Å². The Hall–Kier alpha value is -3.50. The lowest BCUT2D eigenvalue weighted by molar-refractivity contribution is -0.116. The normalized spacial score (nSPS) is 12.0. The lowest BCUT2D eigenvalue weighted by atomic mass is 10.1. The highest BCUT2D eigenvalue weighted by Gasteiger charge is 2.23. The quantitative estimate of drug-likeness (QED) is 0.359. The number of aromatic hydroxyl groups is 1. The Bertz CT molecular complexity index is 1520. The van der Waals surface area contributed by atoms with Crippen molar-refractivity contribution < 1.29 is 18.3 Å². The lowest BCUT2D eigenvalue weighted by Gasteiger charge is -2.19. The minimum absolute atomic E-state index is 0.0152. The fraction of sp³-hybridized carbons (Fsp3) is 0.320. The molecule has 0 fully saturated rings. The number of carbonyl (C=O) groups excluding carboxylic acids is 1. The molecule has 2 aromatic carbocycles. The molecule has 0 atom stereocenters. The van der Waals surface area contributed by atoms with Gasteiger partial charge in [0.1, 0.15) is 5.75 Å². The first-order valence-corrected chi connectivity index (χ1v) is 13.0. The van der Waals surface area contributed by atoms with Gasteiger partial charge in [-0.15, -0.1) is 0 Å². The van der Waals surface area contributed by atoms with Crippen molar-refractivity contribution in [2.75, 3.05) is 18.4 Å². The van der Waals surface area contributed by atoms with Gasteiger partial charge >= 0.3 is 0 Å². The van der Waals surface area contributed by atoms with E-state index in [-0.39, 0.29) is 28.7 Å². The molecule has 2 heterocycles. The number of hydrogen-bond acceptors (Lipinski definition) is 6. The van der Waals surface area contributed by atoms with Crippen LogP contribution in [0.25, 0.3) is 16.6 Å². The zero-order valence-electron chi connectivity index (χ0n) is 20.2. The third-order valence-corrected chi connectivity index (χ3v) is 8.25. The third kappa shape index (κ3) is 4.59. The van der Waals surface area contributed by atoms with Gasteiger partial charge in [0.2, 0.25) is 15.9 Å². The number of anilines is 1. The summed E-state index contributed by atoms with van der Waals surface area (Å²) in [6, 6.07) is 11.7. The summed E-state index contributed by atoms with van der Waals surface area (Å²) in [5.41, 5.74) is 4.34. The summed E-state index contributed by atoms with van der Waals surface area (Å²) in [6.07, 6.45) is 0.545. The number of phenols is 1. The van der Waals surface area contributed by atoms with Crippen LogP contribution >= 0.6 is 0 Å². The average molecular weight is 496 g/mol. The maximum Gasteiger partial charge on any atom is 0.243 e. The van der Waals surface area contributed by atoms with E-state index in [1.54, 1.807) is 18.4 Å². The van der Waals surface area contributed by atoms with Crippen LogP contribution in [0.15, 0.2) is 47.4 Å². The van der Waals surface area contributed by atoms with Crippen molar-refractivity contribution in [2.24, 2.45) is 0 Å². The van der Waals surface area contributed by atoms with Crippen LogP contribution in [0.4, 0.5) is 5.69 Å². The molecule has 0 saturated carbocycles. The summed E-state index contributed by atoms with van der Waals surface area (Å²) in [7, 11) is -3.72. The summed E-state index contributed by atoms with van der Waals surface area (Å²) in [4.78, 5) is 17.5. The van der Waals surface area contributed by atoms with Crippen molar-refractivity contribution in [2.45, 2.75) is 45.4 Å². The molecule has 9 nitrogen and oxygen atoms in total. The Morgan fingerprint density at radius 3 is 2.54 bits per heavy atom. The van der Waals surface area contributed by atoms with Crippen molar-refractivity contribution in [1.82, 2.24) is 18.9 Å². The highest BCUT2D eigenvalue weighted by Crippen LogP contribution is 2.28. The molecule has 0 unspecified atom stereocenters. The van der Waals surface area contributed by atoms with Crippen LogP contribution in [0.3, 0.4) is 0 Å². The molecule has 0 saturated heterocycles. The van der Waals surface area contributed by atoms with Crippen molar-refractivity contribution in [3.8, 4) is 5.75 Å². The predicted octanol–water partition coefficient (Wildman–Crippen LogP) is 3.81. The molecule has 10 heteroatoms. The summed E-state index contributed by atoms with van der Waals surface area (Å²) in [5, 5.41) is 18.5. The Morgan fingerprint density at radius 2 is 1.83 bits per heavy atom. The van der Waals surface area contributed by atoms with E-state index in [0.29, 0.717) is 19.5 Å². The van der Waals surface area contributed by atoms with Crippen molar-refractivity contribution >= 4 is 38.2 Å². The second kappa shape index (κ2) is 9.63. The molecule has 2 N–H and O–H groups in total. The number of aromatic nitrogens is 3. The number of nitrogens with one attached hydrogen (secondary N) is 1. The number of hydrogen-bond donors (Lipinski definition) is 2.